The van der Waals surface area contributed by atoms with Gasteiger partial charge in [-0.05, 0) is 35.4 Å². The Morgan fingerprint density at radius 3 is 2.24 bits per heavy atom. The van der Waals surface area contributed by atoms with Crippen LogP contribution < -0.4 is 9.47 Å². The molecule has 2 aromatic carbocycles. The molecule has 21 heavy (non-hydrogen) atoms. The van der Waals surface area contributed by atoms with E-state index in [4.69, 9.17) is 21.1 Å². The predicted octanol–water partition coefficient (Wildman–Crippen LogP) is 5.70. The summed E-state index contributed by atoms with van der Waals surface area (Å²) in [6.45, 7) is 1.34. The summed E-state index contributed by atoms with van der Waals surface area (Å²) in [5.41, 5.74) is 2.01. The molecular weight excluding hydrogens is 419 g/mol. The lowest BCUT2D eigenvalue weighted by atomic mass is 10.0. The lowest BCUT2D eigenvalue weighted by Gasteiger charge is -2.16. The molecule has 5 heteroatoms. The number of hydrogen-bond donors (Lipinski definition) is 0. The van der Waals surface area contributed by atoms with Gasteiger partial charge in [0.25, 0.3) is 0 Å². The maximum atomic E-state index is 6.63. The Balaban J connectivity index is 1.97. The van der Waals surface area contributed by atoms with Crippen molar-refractivity contribution in [3.8, 4) is 11.5 Å². The Morgan fingerprint density at radius 1 is 0.952 bits per heavy atom. The minimum absolute atomic E-state index is 0.246. The highest BCUT2D eigenvalue weighted by Crippen LogP contribution is 2.41. The van der Waals surface area contributed by atoms with Crippen molar-refractivity contribution >= 4 is 43.5 Å². The molecule has 1 aliphatic rings. The van der Waals surface area contributed by atoms with Crippen LogP contribution in [0.5, 0.6) is 11.5 Å². The second-order valence-corrected chi connectivity index (χ2v) is 6.99. The topological polar surface area (TPSA) is 18.5 Å². The minimum Gasteiger partial charge on any atom is -0.490 e. The minimum atomic E-state index is -0.246. The van der Waals surface area contributed by atoms with Gasteiger partial charge in [-0.25, -0.2) is 0 Å². The summed E-state index contributed by atoms with van der Waals surface area (Å²) in [5, 5.41) is -0.246. The van der Waals surface area contributed by atoms with Gasteiger partial charge >= 0.3 is 0 Å². The van der Waals surface area contributed by atoms with E-state index in [1.165, 1.54) is 0 Å². The highest BCUT2D eigenvalue weighted by molar-refractivity contribution is 9.10. The van der Waals surface area contributed by atoms with Crippen molar-refractivity contribution in [1.29, 1.82) is 0 Å². The molecule has 0 aliphatic carbocycles. The normalized spacial score (nSPS) is 15.4. The summed E-state index contributed by atoms with van der Waals surface area (Å²) in [5.74, 6) is 1.52. The van der Waals surface area contributed by atoms with Crippen LogP contribution in [0.3, 0.4) is 0 Å². The van der Waals surface area contributed by atoms with Crippen LogP contribution in [0.1, 0.15) is 22.9 Å². The molecule has 0 saturated carbocycles. The Labute approximate surface area is 145 Å². The summed E-state index contributed by atoms with van der Waals surface area (Å²) in [6, 6.07) is 11.9. The predicted molar refractivity (Wildman–Crippen MR) is 91.6 cm³/mol. The number of ether oxygens (including phenoxy) is 2. The van der Waals surface area contributed by atoms with E-state index in [0.29, 0.717) is 13.2 Å². The summed E-state index contributed by atoms with van der Waals surface area (Å²) in [6.07, 6.45) is 0.888. The molecule has 110 valence electrons. The standard InChI is InChI=1S/C16H13Br2ClO2/c17-11-4-2-10(3-5-11)16(19)12-8-14-15(9-13(12)18)21-7-1-6-20-14/h2-5,8-9,16H,1,6-7H2. The fourth-order valence-corrected chi connectivity index (χ4v) is 3.48. The fraction of sp³-hybridized carbons (Fsp3) is 0.250. The summed E-state index contributed by atoms with van der Waals surface area (Å²) >= 11 is 13.6. The molecule has 0 fully saturated rings. The van der Waals surface area contributed by atoms with E-state index in [1.54, 1.807) is 0 Å². The molecule has 0 radical (unpaired) electrons. The van der Waals surface area contributed by atoms with E-state index in [-0.39, 0.29) is 5.38 Å². The molecule has 0 aromatic heterocycles. The van der Waals surface area contributed by atoms with Gasteiger partial charge in [0, 0.05) is 15.4 Å². The molecule has 3 rings (SSSR count). The first kappa shape index (κ1) is 15.2. The lowest BCUT2D eigenvalue weighted by Crippen LogP contribution is -1.98. The molecule has 0 N–H and O–H groups in total. The van der Waals surface area contributed by atoms with Crippen molar-refractivity contribution in [1.82, 2.24) is 0 Å². The number of halogens is 3. The van der Waals surface area contributed by atoms with Crippen LogP contribution >= 0.6 is 43.5 Å². The first-order valence-corrected chi connectivity index (χ1v) is 8.66. The second kappa shape index (κ2) is 6.59. The molecule has 2 nitrogen and oxygen atoms in total. The van der Waals surface area contributed by atoms with Gasteiger partial charge in [-0.3, -0.25) is 0 Å². The van der Waals surface area contributed by atoms with Crippen molar-refractivity contribution in [3.63, 3.8) is 0 Å². The van der Waals surface area contributed by atoms with Gasteiger partial charge in [0.1, 0.15) is 0 Å². The van der Waals surface area contributed by atoms with Gasteiger partial charge in [0.2, 0.25) is 0 Å². The molecular formula is C16H13Br2ClO2. The van der Waals surface area contributed by atoms with Crippen molar-refractivity contribution in [2.45, 2.75) is 11.8 Å². The van der Waals surface area contributed by atoms with Gasteiger partial charge in [-0.2, -0.15) is 0 Å². The van der Waals surface area contributed by atoms with Crippen molar-refractivity contribution in [3.05, 3.63) is 56.5 Å². The van der Waals surface area contributed by atoms with Crippen LogP contribution in [-0.4, -0.2) is 13.2 Å². The molecule has 1 atom stereocenters. The maximum absolute atomic E-state index is 6.63. The maximum Gasteiger partial charge on any atom is 0.162 e. The van der Waals surface area contributed by atoms with E-state index < -0.39 is 0 Å². The first-order chi connectivity index (χ1) is 10.1. The number of rotatable bonds is 2. The Bertz CT molecular complexity index is 643. The monoisotopic (exact) mass is 430 g/mol. The fourth-order valence-electron chi connectivity index (χ4n) is 2.21. The zero-order valence-electron chi connectivity index (χ0n) is 11.1. The highest BCUT2D eigenvalue weighted by Gasteiger charge is 2.19. The van der Waals surface area contributed by atoms with Crippen LogP contribution in [0, 0.1) is 0 Å². The molecule has 1 unspecified atom stereocenters. The first-order valence-electron chi connectivity index (χ1n) is 6.64. The Kier molecular flexibility index (Phi) is 4.77. The third-order valence-corrected chi connectivity index (χ3v) is 5.01. The van der Waals surface area contributed by atoms with Crippen LogP contribution in [0.4, 0.5) is 0 Å². The Hall–Kier alpha value is -0.710. The number of hydrogen-bond acceptors (Lipinski definition) is 2. The second-order valence-electron chi connectivity index (χ2n) is 4.79. The highest BCUT2D eigenvalue weighted by atomic mass is 79.9. The van der Waals surface area contributed by atoms with E-state index in [9.17, 15) is 0 Å². The van der Waals surface area contributed by atoms with Crippen LogP contribution in [-0.2, 0) is 0 Å². The van der Waals surface area contributed by atoms with Gasteiger partial charge in [-0.1, -0.05) is 44.0 Å². The molecule has 0 saturated heterocycles. The number of alkyl halides is 1. The molecule has 0 amide bonds. The molecule has 0 spiro atoms. The SMILES string of the molecule is ClC(c1ccc(Br)cc1)c1cc2c(cc1Br)OCCCO2. The van der Waals surface area contributed by atoms with E-state index in [1.807, 2.05) is 36.4 Å². The lowest BCUT2D eigenvalue weighted by molar-refractivity contribution is 0.297. The van der Waals surface area contributed by atoms with Crippen molar-refractivity contribution in [2.75, 3.05) is 13.2 Å². The average molecular weight is 433 g/mol. The van der Waals surface area contributed by atoms with Crippen molar-refractivity contribution in [2.24, 2.45) is 0 Å². The van der Waals surface area contributed by atoms with Crippen molar-refractivity contribution < 1.29 is 9.47 Å². The van der Waals surface area contributed by atoms with Gasteiger partial charge < -0.3 is 9.47 Å². The molecule has 2 aromatic rings. The summed E-state index contributed by atoms with van der Waals surface area (Å²) < 4.78 is 13.4. The van der Waals surface area contributed by atoms with E-state index >= 15 is 0 Å². The van der Waals surface area contributed by atoms with Gasteiger partial charge in [-0.15, -0.1) is 11.6 Å². The number of fused-ring (bicyclic) bond motifs is 1. The zero-order chi connectivity index (χ0) is 14.8. The average Bonchev–Trinajstić information content (AvgIpc) is 2.71. The van der Waals surface area contributed by atoms with Gasteiger partial charge in [0.15, 0.2) is 11.5 Å². The molecule has 1 aliphatic heterocycles. The quantitative estimate of drug-likeness (QED) is 0.567. The smallest absolute Gasteiger partial charge is 0.162 e. The molecule has 0 bridgehead atoms. The van der Waals surface area contributed by atoms with E-state index in [0.717, 1.165) is 38.0 Å². The van der Waals surface area contributed by atoms with Gasteiger partial charge in [0.05, 0.1) is 18.6 Å². The summed E-state index contributed by atoms with van der Waals surface area (Å²) in [7, 11) is 0. The number of benzene rings is 2. The zero-order valence-corrected chi connectivity index (χ0v) is 15.0. The van der Waals surface area contributed by atoms with Crippen LogP contribution in [0.2, 0.25) is 0 Å². The third-order valence-electron chi connectivity index (χ3n) is 3.30. The molecule has 1 heterocycles. The largest absolute Gasteiger partial charge is 0.490 e. The summed E-state index contributed by atoms with van der Waals surface area (Å²) in [4.78, 5) is 0. The van der Waals surface area contributed by atoms with Crippen LogP contribution in [0.15, 0.2) is 45.3 Å². The van der Waals surface area contributed by atoms with E-state index in [2.05, 4.69) is 31.9 Å². The third kappa shape index (κ3) is 3.38. The van der Waals surface area contributed by atoms with Crippen LogP contribution in [0.25, 0.3) is 0 Å². The Morgan fingerprint density at radius 2 is 1.57 bits per heavy atom.